The molecule has 2 aromatic heterocycles. The van der Waals surface area contributed by atoms with Gasteiger partial charge in [-0.05, 0) is 54.0 Å². The van der Waals surface area contributed by atoms with Crippen LogP contribution in [0.1, 0.15) is 44.9 Å². The fourth-order valence-electron chi connectivity index (χ4n) is 4.23. The normalized spacial score (nSPS) is 13.7. The number of aromatic nitrogens is 2. The predicted molar refractivity (Wildman–Crippen MR) is 144 cm³/mol. The quantitative estimate of drug-likeness (QED) is 0.168. The molecule has 2 aromatic carbocycles. The van der Waals surface area contributed by atoms with Gasteiger partial charge < -0.3 is 9.88 Å². The molecule has 0 saturated carbocycles. The Bertz CT molecular complexity index is 1690. The molecule has 10 heteroatoms. The van der Waals surface area contributed by atoms with Gasteiger partial charge in [0.25, 0.3) is 11.5 Å². The number of carbonyl (C=O) groups excluding carboxylic acids is 2. The van der Waals surface area contributed by atoms with Crippen LogP contribution in [0.4, 0.5) is 18.9 Å². The van der Waals surface area contributed by atoms with Crippen LogP contribution in [-0.4, -0.2) is 21.2 Å². The average molecular weight is 548 g/mol. The molecule has 1 amide bonds. The molecule has 0 aliphatic carbocycles. The summed E-state index contributed by atoms with van der Waals surface area (Å²) in [5, 5.41) is 5.43. The summed E-state index contributed by atoms with van der Waals surface area (Å²) in [5.41, 5.74) is 2.25. The van der Waals surface area contributed by atoms with Gasteiger partial charge in [0, 0.05) is 35.4 Å². The Balaban J connectivity index is 1.23. The first-order chi connectivity index (χ1) is 18.8. The zero-order valence-electron chi connectivity index (χ0n) is 20.3. The van der Waals surface area contributed by atoms with Crippen molar-refractivity contribution in [2.45, 2.75) is 19.4 Å². The Labute approximate surface area is 224 Å². The third-order valence-corrected chi connectivity index (χ3v) is 6.83. The Morgan fingerprint density at radius 2 is 1.87 bits per heavy atom. The third kappa shape index (κ3) is 5.65. The fraction of sp³-hybridized carbons (Fsp3) is 0.103. The van der Waals surface area contributed by atoms with Gasteiger partial charge in [-0.15, -0.1) is 11.3 Å². The van der Waals surface area contributed by atoms with Crippen LogP contribution in [0, 0.1) is 17.5 Å². The smallest absolute Gasteiger partial charge is 0.261 e. The summed E-state index contributed by atoms with van der Waals surface area (Å²) in [6.07, 6.45) is 8.87. The van der Waals surface area contributed by atoms with Crippen LogP contribution in [0.15, 0.2) is 71.1 Å². The molecular formula is C29H20F3N3O3S. The number of rotatable bonds is 8. The maximum absolute atomic E-state index is 13.5. The van der Waals surface area contributed by atoms with E-state index in [1.807, 2.05) is 29.7 Å². The lowest BCUT2D eigenvalue weighted by Gasteiger charge is -2.08. The summed E-state index contributed by atoms with van der Waals surface area (Å²) in [7, 11) is 0. The minimum atomic E-state index is -1.58. The van der Waals surface area contributed by atoms with Gasteiger partial charge in [-0.1, -0.05) is 24.3 Å². The number of ketones is 1. The first kappa shape index (κ1) is 26.1. The summed E-state index contributed by atoms with van der Waals surface area (Å²) < 4.78 is 41.4. The number of hydrogen-bond donors (Lipinski definition) is 1. The number of carbonyl (C=O) groups is 2. The van der Waals surface area contributed by atoms with Crippen LogP contribution in [0.2, 0.25) is 0 Å². The number of thiazole rings is 1. The molecule has 1 aliphatic rings. The summed E-state index contributed by atoms with van der Waals surface area (Å²) in [6.45, 7) is -0.219. The van der Waals surface area contributed by atoms with Gasteiger partial charge in [-0.2, -0.15) is 0 Å². The zero-order valence-corrected chi connectivity index (χ0v) is 21.1. The average Bonchev–Trinajstić information content (AvgIpc) is 3.53. The first-order valence-electron chi connectivity index (χ1n) is 11.9. The number of pyridine rings is 1. The Morgan fingerprint density at radius 1 is 1.08 bits per heavy atom. The standard InChI is InChI=1S/C29H20F3N3O3S/c30-22-12-18(13-23(31)27(22)32)16-35-10-3-5-20(29(35)38)25(36)6-2-1-4-17-7-8-19-21(15-26-33-9-11-39-26)28(37)34-24(19)14-17/h1,3-5,7-15H,2,6,16H2,(H,34,37)/b4-1+,21-15-. The van der Waals surface area contributed by atoms with E-state index < -0.39 is 23.0 Å². The molecule has 5 rings (SSSR count). The number of Topliss-reactive ketones (excluding diaryl/α,β-unsaturated/α-hetero) is 1. The van der Waals surface area contributed by atoms with Crippen LogP contribution in [0.5, 0.6) is 0 Å². The van der Waals surface area contributed by atoms with E-state index >= 15 is 0 Å². The molecule has 0 spiro atoms. The maximum Gasteiger partial charge on any atom is 0.261 e. The molecule has 6 nitrogen and oxygen atoms in total. The summed E-state index contributed by atoms with van der Waals surface area (Å²) in [5.74, 6) is -4.87. The van der Waals surface area contributed by atoms with E-state index in [-0.39, 0.29) is 35.8 Å². The largest absolute Gasteiger partial charge is 0.321 e. The molecule has 1 N–H and O–H groups in total. The second kappa shape index (κ2) is 11.0. The second-order valence-corrected chi connectivity index (χ2v) is 9.71. The van der Waals surface area contributed by atoms with E-state index in [9.17, 15) is 27.6 Å². The molecular weight excluding hydrogens is 527 g/mol. The van der Waals surface area contributed by atoms with Crippen molar-refractivity contribution in [1.82, 2.24) is 9.55 Å². The van der Waals surface area contributed by atoms with Crippen LogP contribution < -0.4 is 10.9 Å². The second-order valence-electron chi connectivity index (χ2n) is 8.78. The molecule has 4 aromatic rings. The number of anilines is 1. The fourth-order valence-corrected chi connectivity index (χ4v) is 4.80. The Morgan fingerprint density at radius 3 is 2.62 bits per heavy atom. The summed E-state index contributed by atoms with van der Waals surface area (Å²) in [4.78, 5) is 42.1. The maximum atomic E-state index is 13.5. The Kier molecular flexibility index (Phi) is 7.38. The van der Waals surface area contributed by atoms with Crippen molar-refractivity contribution in [3.05, 3.63) is 121 Å². The predicted octanol–water partition coefficient (Wildman–Crippen LogP) is 5.94. The van der Waals surface area contributed by atoms with Gasteiger partial charge in [-0.25, -0.2) is 18.2 Å². The van der Waals surface area contributed by atoms with E-state index in [1.54, 1.807) is 18.3 Å². The van der Waals surface area contributed by atoms with Gasteiger partial charge in [-0.3, -0.25) is 14.4 Å². The van der Waals surface area contributed by atoms with Gasteiger partial charge >= 0.3 is 0 Å². The highest BCUT2D eigenvalue weighted by molar-refractivity contribution is 7.10. The van der Waals surface area contributed by atoms with Crippen molar-refractivity contribution in [1.29, 1.82) is 0 Å². The van der Waals surface area contributed by atoms with Crippen molar-refractivity contribution in [2.24, 2.45) is 0 Å². The van der Waals surface area contributed by atoms with E-state index in [0.717, 1.165) is 32.8 Å². The van der Waals surface area contributed by atoms with Crippen molar-refractivity contribution in [2.75, 3.05) is 5.32 Å². The van der Waals surface area contributed by atoms with Crippen LogP contribution in [0.3, 0.4) is 0 Å². The number of halogens is 3. The lowest BCUT2D eigenvalue weighted by atomic mass is 10.0. The first-order valence-corrected chi connectivity index (χ1v) is 12.8. The van der Waals surface area contributed by atoms with Gasteiger partial charge in [0.05, 0.1) is 17.7 Å². The van der Waals surface area contributed by atoms with Gasteiger partial charge in [0.1, 0.15) is 5.01 Å². The molecule has 0 saturated heterocycles. The number of allylic oxidation sites excluding steroid dienone is 1. The molecule has 3 heterocycles. The Hall–Kier alpha value is -4.57. The molecule has 1 aliphatic heterocycles. The molecule has 0 atom stereocenters. The molecule has 39 heavy (non-hydrogen) atoms. The number of nitrogens with one attached hydrogen (secondary N) is 1. The number of hydrogen-bond acceptors (Lipinski definition) is 5. The van der Waals surface area contributed by atoms with Crippen molar-refractivity contribution >= 4 is 46.4 Å². The molecule has 0 fully saturated rings. The third-order valence-electron chi connectivity index (χ3n) is 6.11. The summed E-state index contributed by atoms with van der Waals surface area (Å²) >= 11 is 1.44. The molecule has 0 unspecified atom stereocenters. The lowest BCUT2D eigenvalue weighted by molar-refractivity contribution is -0.110. The number of nitrogens with zero attached hydrogens (tertiary/aromatic N) is 2. The van der Waals surface area contributed by atoms with E-state index in [1.165, 1.54) is 29.7 Å². The van der Waals surface area contributed by atoms with E-state index in [2.05, 4.69) is 10.3 Å². The minimum absolute atomic E-state index is 0.0475. The highest BCUT2D eigenvalue weighted by Gasteiger charge is 2.24. The van der Waals surface area contributed by atoms with Crippen molar-refractivity contribution < 1.29 is 22.8 Å². The molecule has 0 radical (unpaired) electrons. The van der Waals surface area contributed by atoms with Gasteiger partial charge in [0.2, 0.25) is 0 Å². The topological polar surface area (TPSA) is 81.1 Å². The van der Waals surface area contributed by atoms with E-state index in [0.29, 0.717) is 17.7 Å². The van der Waals surface area contributed by atoms with Gasteiger partial charge in [0.15, 0.2) is 23.2 Å². The number of fused-ring (bicyclic) bond motifs is 1. The van der Waals surface area contributed by atoms with Crippen LogP contribution in [0.25, 0.3) is 17.7 Å². The number of benzene rings is 2. The lowest BCUT2D eigenvalue weighted by Crippen LogP contribution is -2.26. The van der Waals surface area contributed by atoms with Crippen LogP contribution >= 0.6 is 11.3 Å². The monoisotopic (exact) mass is 547 g/mol. The van der Waals surface area contributed by atoms with Crippen LogP contribution in [-0.2, 0) is 11.3 Å². The highest BCUT2D eigenvalue weighted by atomic mass is 32.1. The van der Waals surface area contributed by atoms with E-state index in [4.69, 9.17) is 0 Å². The SMILES string of the molecule is O=C1Nc2cc(/C=C/CCC(=O)c3cccn(Cc4cc(F)c(F)c(F)c4)c3=O)ccc2/C1=C/c1nccs1. The van der Waals surface area contributed by atoms with Crippen molar-refractivity contribution in [3.8, 4) is 0 Å². The molecule has 196 valence electrons. The zero-order chi connectivity index (χ0) is 27.5. The summed E-state index contributed by atoms with van der Waals surface area (Å²) in [6, 6.07) is 10.1. The minimum Gasteiger partial charge on any atom is -0.321 e. The molecule has 0 bridgehead atoms. The number of amides is 1. The van der Waals surface area contributed by atoms with Crippen molar-refractivity contribution in [3.63, 3.8) is 0 Å². The highest BCUT2D eigenvalue weighted by Crippen LogP contribution is 2.34.